The van der Waals surface area contributed by atoms with Crippen LogP contribution in [0.15, 0.2) is 83.7 Å². The zero-order valence-electron chi connectivity index (χ0n) is 18.3. The van der Waals surface area contributed by atoms with Gasteiger partial charge in [-0.25, -0.2) is 14.5 Å². The molecule has 2 heterocycles. The molecule has 0 amide bonds. The highest BCUT2D eigenvalue weighted by Gasteiger charge is 2.31. The molecule has 5 aromatic rings. The zero-order chi connectivity index (χ0) is 25.3. The summed E-state index contributed by atoms with van der Waals surface area (Å²) in [6.07, 6.45) is -4.57. The lowest BCUT2D eigenvalue weighted by atomic mass is 10.2. The van der Waals surface area contributed by atoms with Gasteiger partial charge in [-0.1, -0.05) is 53.7 Å². The largest absolute Gasteiger partial charge is 0.436 e. The number of fused-ring (bicyclic) bond motifs is 1. The number of halogens is 3. The van der Waals surface area contributed by atoms with Gasteiger partial charge in [0.25, 0.3) is 11.4 Å². The minimum atomic E-state index is -4.57. The number of alkyl halides is 3. The molecule has 0 fully saturated rings. The van der Waals surface area contributed by atoms with Crippen LogP contribution in [0.2, 0.25) is 0 Å². The van der Waals surface area contributed by atoms with E-state index in [-0.39, 0.29) is 11.5 Å². The molecule has 0 unspecified atom stereocenters. The van der Waals surface area contributed by atoms with Crippen molar-refractivity contribution in [2.75, 3.05) is 0 Å². The third-order valence-electron chi connectivity index (χ3n) is 5.19. The molecule has 36 heavy (non-hydrogen) atoms. The SMILES string of the molecule is O=C(OCn1nnc2ccccc2c1=O)c1nc(-c2ccccc2)n(-c2cccc(C(F)(F)F)c2)n1. The topological polar surface area (TPSA) is 105 Å². The number of benzene rings is 3. The molecule has 9 nitrogen and oxygen atoms in total. The monoisotopic (exact) mass is 492 g/mol. The van der Waals surface area contributed by atoms with Gasteiger partial charge < -0.3 is 4.74 Å². The molecule has 0 aliphatic rings. The first-order chi connectivity index (χ1) is 17.3. The predicted molar refractivity (Wildman–Crippen MR) is 121 cm³/mol. The molecule has 5 rings (SSSR count). The number of carbonyl (C=O) groups excluding carboxylic acids is 1. The minimum Gasteiger partial charge on any atom is -0.436 e. The maximum Gasteiger partial charge on any atom is 0.416 e. The zero-order valence-corrected chi connectivity index (χ0v) is 18.3. The summed E-state index contributed by atoms with van der Waals surface area (Å²) < 4.78 is 47.0. The summed E-state index contributed by atoms with van der Waals surface area (Å²) in [5.41, 5.74) is -0.447. The van der Waals surface area contributed by atoms with Gasteiger partial charge in [0, 0.05) is 5.56 Å². The van der Waals surface area contributed by atoms with E-state index in [0.717, 1.165) is 21.5 Å². The number of rotatable bonds is 5. The van der Waals surface area contributed by atoms with Crippen molar-refractivity contribution >= 4 is 16.9 Å². The van der Waals surface area contributed by atoms with E-state index < -0.39 is 35.8 Å². The van der Waals surface area contributed by atoms with Crippen molar-refractivity contribution in [3.8, 4) is 17.1 Å². The van der Waals surface area contributed by atoms with Crippen molar-refractivity contribution in [1.82, 2.24) is 29.8 Å². The number of esters is 1. The van der Waals surface area contributed by atoms with Crippen LogP contribution < -0.4 is 5.56 Å². The van der Waals surface area contributed by atoms with Gasteiger partial charge in [0.1, 0.15) is 5.52 Å². The quantitative estimate of drug-likeness (QED) is 0.343. The number of hydrogen-bond acceptors (Lipinski definition) is 7. The van der Waals surface area contributed by atoms with Crippen molar-refractivity contribution in [2.45, 2.75) is 12.9 Å². The van der Waals surface area contributed by atoms with Crippen LogP contribution in [-0.2, 0) is 17.6 Å². The second-order valence-electron chi connectivity index (χ2n) is 7.56. The molecule has 0 aliphatic carbocycles. The molecular formula is C24H15F3N6O3. The highest BCUT2D eigenvalue weighted by atomic mass is 19.4. The highest BCUT2D eigenvalue weighted by molar-refractivity contribution is 5.86. The summed E-state index contributed by atoms with van der Waals surface area (Å²) in [6.45, 7) is -0.561. The molecule has 12 heteroatoms. The van der Waals surface area contributed by atoms with E-state index in [1.54, 1.807) is 54.6 Å². The second-order valence-corrected chi connectivity index (χ2v) is 7.56. The van der Waals surface area contributed by atoms with Gasteiger partial charge in [-0.15, -0.1) is 10.2 Å². The molecule has 0 atom stereocenters. The number of ether oxygens (including phenoxy) is 1. The van der Waals surface area contributed by atoms with Crippen molar-refractivity contribution in [3.63, 3.8) is 0 Å². The summed E-state index contributed by atoms with van der Waals surface area (Å²) in [5.74, 6) is -1.28. The summed E-state index contributed by atoms with van der Waals surface area (Å²) in [4.78, 5) is 29.5. The molecule has 0 radical (unpaired) electrons. The van der Waals surface area contributed by atoms with Gasteiger partial charge in [-0.05, 0) is 30.3 Å². The van der Waals surface area contributed by atoms with Gasteiger partial charge in [-0.3, -0.25) is 4.79 Å². The van der Waals surface area contributed by atoms with Gasteiger partial charge in [-0.2, -0.15) is 17.9 Å². The number of hydrogen-bond donors (Lipinski definition) is 0. The first-order valence-corrected chi connectivity index (χ1v) is 10.5. The Balaban J connectivity index is 1.48. The van der Waals surface area contributed by atoms with Crippen LogP contribution in [0.1, 0.15) is 16.2 Å². The van der Waals surface area contributed by atoms with E-state index >= 15 is 0 Å². The van der Waals surface area contributed by atoms with Crippen molar-refractivity contribution in [1.29, 1.82) is 0 Å². The van der Waals surface area contributed by atoms with E-state index in [1.807, 2.05) is 0 Å². The molecule has 0 saturated carbocycles. The van der Waals surface area contributed by atoms with E-state index in [0.29, 0.717) is 16.5 Å². The van der Waals surface area contributed by atoms with Gasteiger partial charge >= 0.3 is 12.1 Å². The van der Waals surface area contributed by atoms with Gasteiger partial charge in [0.15, 0.2) is 12.6 Å². The highest BCUT2D eigenvalue weighted by Crippen LogP contribution is 2.31. The smallest absolute Gasteiger partial charge is 0.416 e. The lowest BCUT2D eigenvalue weighted by molar-refractivity contribution is -0.137. The Labute approximate surface area is 200 Å². The maximum absolute atomic E-state index is 13.3. The average molecular weight is 492 g/mol. The van der Waals surface area contributed by atoms with Crippen LogP contribution in [0.5, 0.6) is 0 Å². The van der Waals surface area contributed by atoms with Crippen LogP contribution in [-0.4, -0.2) is 35.7 Å². The summed E-state index contributed by atoms with van der Waals surface area (Å²) in [7, 11) is 0. The normalized spacial score (nSPS) is 11.5. The fourth-order valence-electron chi connectivity index (χ4n) is 3.46. The molecule has 0 spiro atoms. The van der Waals surface area contributed by atoms with Crippen molar-refractivity contribution < 1.29 is 22.7 Å². The predicted octanol–water partition coefficient (Wildman–Crippen LogP) is 3.87. The van der Waals surface area contributed by atoms with Crippen LogP contribution >= 0.6 is 0 Å². The first-order valence-electron chi connectivity index (χ1n) is 10.5. The Bertz CT molecular complexity index is 1630. The molecular weight excluding hydrogens is 477 g/mol. The fourth-order valence-corrected chi connectivity index (χ4v) is 3.46. The molecule has 3 aromatic carbocycles. The molecule has 0 N–H and O–H groups in total. The fraction of sp³-hybridized carbons (Fsp3) is 0.0833. The lowest BCUT2D eigenvalue weighted by Crippen LogP contribution is -2.26. The minimum absolute atomic E-state index is 0.0480. The number of nitrogens with zero attached hydrogens (tertiary/aromatic N) is 6. The Morgan fingerprint density at radius 1 is 0.944 bits per heavy atom. The Morgan fingerprint density at radius 2 is 1.69 bits per heavy atom. The summed E-state index contributed by atoms with van der Waals surface area (Å²) in [6, 6.07) is 19.6. The van der Waals surface area contributed by atoms with E-state index in [2.05, 4.69) is 20.4 Å². The van der Waals surface area contributed by atoms with Gasteiger partial charge in [0.05, 0.1) is 16.6 Å². The van der Waals surface area contributed by atoms with Crippen molar-refractivity contribution in [3.05, 3.63) is 101 Å². The van der Waals surface area contributed by atoms with Crippen LogP contribution in [0, 0.1) is 0 Å². The first kappa shape index (κ1) is 22.9. The summed E-state index contributed by atoms with van der Waals surface area (Å²) >= 11 is 0. The van der Waals surface area contributed by atoms with E-state index in [4.69, 9.17) is 4.74 Å². The number of aromatic nitrogens is 6. The lowest BCUT2D eigenvalue weighted by Gasteiger charge is -2.10. The van der Waals surface area contributed by atoms with E-state index in [1.165, 1.54) is 12.1 Å². The standard InChI is InChI=1S/C24H15F3N6O3/c25-24(26,27)16-9-6-10-17(13-16)33-21(15-7-2-1-3-8-15)28-20(30-33)23(35)36-14-32-22(34)18-11-4-5-12-19(18)29-31-32/h1-13H,14H2. The Morgan fingerprint density at radius 3 is 2.47 bits per heavy atom. The molecule has 2 aromatic heterocycles. The second kappa shape index (κ2) is 9.06. The van der Waals surface area contributed by atoms with Crippen LogP contribution in [0.4, 0.5) is 13.2 Å². The average Bonchev–Trinajstić information content (AvgIpc) is 3.34. The summed E-state index contributed by atoms with van der Waals surface area (Å²) in [5, 5.41) is 12.1. The van der Waals surface area contributed by atoms with Gasteiger partial charge in [0.2, 0.25) is 0 Å². The third-order valence-corrected chi connectivity index (χ3v) is 5.19. The van der Waals surface area contributed by atoms with Crippen molar-refractivity contribution in [2.24, 2.45) is 0 Å². The Kier molecular flexibility index (Phi) is 5.76. The van der Waals surface area contributed by atoms with Crippen LogP contribution in [0.3, 0.4) is 0 Å². The van der Waals surface area contributed by atoms with Crippen LogP contribution in [0.25, 0.3) is 28.0 Å². The molecule has 180 valence electrons. The van der Waals surface area contributed by atoms with E-state index in [9.17, 15) is 22.8 Å². The molecule has 0 aliphatic heterocycles. The maximum atomic E-state index is 13.3. The molecule has 0 bridgehead atoms. The third kappa shape index (κ3) is 4.43. The molecule has 0 saturated heterocycles. The number of carbonyl (C=O) groups is 1. The Hall–Kier alpha value is -4.87.